The van der Waals surface area contributed by atoms with Crippen LogP contribution >= 0.6 is 0 Å². The Kier molecular flexibility index (Phi) is 9.05. The third kappa shape index (κ3) is 6.78. The van der Waals surface area contributed by atoms with Crippen molar-refractivity contribution in [2.75, 3.05) is 39.3 Å². The fourth-order valence-electron chi connectivity index (χ4n) is 2.39. The summed E-state index contributed by atoms with van der Waals surface area (Å²) in [5.74, 6) is -2.90. The predicted molar refractivity (Wildman–Crippen MR) is 91.3 cm³/mol. The van der Waals surface area contributed by atoms with E-state index in [9.17, 15) is 18.4 Å². The first kappa shape index (κ1) is 21.0. The van der Waals surface area contributed by atoms with Crippen molar-refractivity contribution in [3.63, 3.8) is 0 Å². The van der Waals surface area contributed by atoms with Gasteiger partial charge in [-0.15, -0.1) is 0 Å². The van der Waals surface area contributed by atoms with Crippen molar-refractivity contribution in [3.05, 3.63) is 35.4 Å². The van der Waals surface area contributed by atoms with E-state index in [0.717, 1.165) is 25.2 Å². The Bertz CT molecular complexity index is 577. The first-order chi connectivity index (χ1) is 11.9. The number of carbonyl (C=O) groups is 2. The average molecular weight is 356 g/mol. The molecule has 0 aliphatic heterocycles. The van der Waals surface area contributed by atoms with Gasteiger partial charge < -0.3 is 14.5 Å². The maximum atomic E-state index is 13.4. The molecule has 1 amide bonds. The summed E-state index contributed by atoms with van der Waals surface area (Å²) in [6.45, 7) is 8.87. The zero-order valence-electron chi connectivity index (χ0n) is 15.1. The molecule has 25 heavy (non-hydrogen) atoms. The SMILES string of the molecule is CCOC(=O)CCN(CCN(CC)CC)C(=O)c1ccc(F)c(F)c1. The Morgan fingerprint density at radius 2 is 1.68 bits per heavy atom. The number of carbonyl (C=O) groups excluding carboxylic acids is 2. The summed E-state index contributed by atoms with van der Waals surface area (Å²) in [4.78, 5) is 27.8. The van der Waals surface area contributed by atoms with Gasteiger partial charge in [0.25, 0.3) is 5.91 Å². The number of benzene rings is 1. The van der Waals surface area contributed by atoms with Gasteiger partial charge in [-0.25, -0.2) is 8.78 Å². The van der Waals surface area contributed by atoms with Crippen molar-refractivity contribution in [3.8, 4) is 0 Å². The second-order valence-electron chi connectivity index (χ2n) is 5.50. The van der Waals surface area contributed by atoms with Gasteiger partial charge in [0, 0.05) is 25.2 Å². The van der Waals surface area contributed by atoms with Gasteiger partial charge in [-0.05, 0) is 38.2 Å². The zero-order valence-corrected chi connectivity index (χ0v) is 15.1. The second kappa shape index (κ2) is 10.8. The van der Waals surface area contributed by atoms with Crippen LogP contribution in [0.4, 0.5) is 8.78 Å². The third-order valence-electron chi connectivity index (χ3n) is 3.93. The molecule has 0 bridgehead atoms. The van der Waals surface area contributed by atoms with Gasteiger partial charge in [0.2, 0.25) is 0 Å². The first-order valence-corrected chi connectivity index (χ1v) is 8.55. The summed E-state index contributed by atoms with van der Waals surface area (Å²) in [6, 6.07) is 3.05. The van der Waals surface area contributed by atoms with Crippen molar-refractivity contribution in [1.82, 2.24) is 9.80 Å². The van der Waals surface area contributed by atoms with E-state index in [1.165, 1.54) is 11.0 Å². The molecular weight excluding hydrogens is 330 g/mol. The fourth-order valence-corrected chi connectivity index (χ4v) is 2.39. The first-order valence-electron chi connectivity index (χ1n) is 8.55. The molecule has 140 valence electrons. The minimum Gasteiger partial charge on any atom is -0.466 e. The number of hydrogen-bond acceptors (Lipinski definition) is 4. The minimum absolute atomic E-state index is 0.0571. The Hall–Kier alpha value is -2.02. The lowest BCUT2D eigenvalue weighted by Crippen LogP contribution is -2.40. The van der Waals surface area contributed by atoms with E-state index in [0.29, 0.717) is 13.1 Å². The van der Waals surface area contributed by atoms with E-state index in [1.54, 1.807) is 6.92 Å². The molecule has 0 unspecified atom stereocenters. The highest BCUT2D eigenvalue weighted by Crippen LogP contribution is 2.12. The number of hydrogen-bond donors (Lipinski definition) is 0. The number of halogens is 2. The van der Waals surface area contributed by atoms with Crippen LogP contribution < -0.4 is 0 Å². The van der Waals surface area contributed by atoms with Crippen molar-refractivity contribution in [2.45, 2.75) is 27.2 Å². The molecule has 7 heteroatoms. The Labute approximate surface area is 147 Å². The summed E-state index contributed by atoms with van der Waals surface area (Å²) >= 11 is 0. The largest absolute Gasteiger partial charge is 0.466 e. The minimum atomic E-state index is -1.07. The maximum Gasteiger partial charge on any atom is 0.307 e. The highest BCUT2D eigenvalue weighted by molar-refractivity contribution is 5.94. The molecule has 0 atom stereocenters. The quantitative estimate of drug-likeness (QED) is 0.605. The molecule has 0 spiro atoms. The Morgan fingerprint density at radius 1 is 1.00 bits per heavy atom. The highest BCUT2D eigenvalue weighted by Gasteiger charge is 2.19. The van der Waals surface area contributed by atoms with Crippen LogP contribution in [0.1, 0.15) is 37.6 Å². The summed E-state index contributed by atoms with van der Waals surface area (Å²) in [7, 11) is 0. The molecule has 0 aliphatic rings. The van der Waals surface area contributed by atoms with Gasteiger partial charge in [0.15, 0.2) is 11.6 Å². The number of amides is 1. The molecule has 0 heterocycles. The lowest BCUT2D eigenvalue weighted by Gasteiger charge is -2.26. The van der Waals surface area contributed by atoms with Crippen LogP contribution in [0.2, 0.25) is 0 Å². The molecule has 1 aromatic carbocycles. The van der Waals surface area contributed by atoms with E-state index >= 15 is 0 Å². The van der Waals surface area contributed by atoms with Gasteiger partial charge in [-0.3, -0.25) is 9.59 Å². The summed E-state index contributed by atoms with van der Waals surface area (Å²) in [5.41, 5.74) is 0.0577. The smallest absolute Gasteiger partial charge is 0.307 e. The molecule has 1 rings (SSSR count). The van der Waals surface area contributed by atoms with Crippen LogP contribution in [0.3, 0.4) is 0 Å². The van der Waals surface area contributed by atoms with Crippen molar-refractivity contribution in [1.29, 1.82) is 0 Å². The molecule has 0 saturated heterocycles. The van der Waals surface area contributed by atoms with Crippen LogP contribution in [0.25, 0.3) is 0 Å². The topological polar surface area (TPSA) is 49.9 Å². The molecule has 0 fully saturated rings. The van der Waals surface area contributed by atoms with Crippen LogP contribution in [-0.4, -0.2) is 61.0 Å². The standard InChI is InChI=1S/C18H26F2N2O3/c1-4-21(5-2)11-12-22(10-9-17(23)25-6-3)18(24)14-7-8-15(19)16(20)13-14/h7-8,13H,4-6,9-12H2,1-3H3. The van der Waals surface area contributed by atoms with Crippen molar-refractivity contribution in [2.24, 2.45) is 0 Å². The van der Waals surface area contributed by atoms with E-state index in [1.807, 2.05) is 13.8 Å². The van der Waals surface area contributed by atoms with Crippen LogP contribution in [0.15, 0.2) is 18.2 Å². The summed E-state index contributed by atoms with van der Waals surface area (Å²) < 4.78 is 31.4. The zero-order chi connectivity index (χ0) is 18.8. The van der Waals surface area contributed by atoms with E-state index in [-0.39, 0.29) is 25.1 Å². The van der Waals surface area contributed by atoms with E-state index in [4.69, 9.17) is 4.74 Å². The molecule has 0 radical (unpaired) electrons. The predicted octanol–water partition coefficient (Wildman–Crippen LogP) is 2.70. The number of likely N-dealkylation sites (N-methyl/N-ethyl adjacent to an activating group) is 1. The summed E-state index contributed by atoms with van der Waals surface area (Å²) in [5, 5.41) is 0. The van der Waals surface area contributed by atoms with Crippen molar-refractivity contribution >= 4 is 11.9 Å². The van der Waals surface area contributed by atoms with E-state index < -0.39 is 23.5 Å². The van der Waals surface area contributed by atoms with Gasteiger partial charge in [-0.1, -0.05) is 13.8 Å². The van der Waals surface area contributed by atoms with Crippen LogP contribution in [0, 0.1) is 11.6 Å². The average Bonchev–Trinajstić information content (AvgIpc) is 2.60. The molecule has 0 saturated carbocycles. The molecular formula is C18H26F2N2O3. The van der Waals surface area contributed by atoms with Crippen LogP contribution in [0.5, 0.6) is 0 Å². The number of nitrogens with zero attached hydrogens (tertiary/aromatic N) is 2. The molecule has 1 aromatic rings. The third-order valence-corrected chi connectivity index (χ3v) is 3.93. The number of rotatable bonds is 10. The number of ether oxygens (including phenoxy) is 1. The number of esters is 1. The molecule has 0 N–H and O–H groups in total. The highest BCUT2D eigenvalue weighted by atomic mass is 19.2. The lowest BCUT2D eigenvalue weighted by atomic mass is 10.1. The van der Waals surface area contributed by atoms with Crippen molar-refractivity contribution < 1.29 is 23.1 Å². The van der Waals surface area contributed by atoms with Crippen LogP contribution in [-0.2, 0) is 9.53 Å². The van der Waals surface area contributed by atoms with Gasteiger partial charge in [0.1, 0.15) is 0 Å². The van der Waals surface area contributed by atoms with Gasteiger partial charge in [0.05, 0.1) is 13.0 Å². The fraction of sp³-hybridized carbons (Fsp3) is 0.556. The maximum absolute atomic E-state index is 13.4. The van der Waals surface area contributed by atoms with Gasteiger partial charge in [-0.2, -0.15) is 0 Å². The molecule has 0 aliphatic carbocycles. The Balaban J connectivity index is 2.84. The van der Waals surface area contributed by atoms with Gasteiger partial charge >= 0.3 is 5.97 Å². The monoisotopic (exact) mass is 356 g/mol. The van der Waals surface area contributed by atoms with E-state index in [2.05, 4.69) is 4.90 Å². The summed E-state index contributed by atoms with van der Waals surface area (Å²) in [6.07, 6.45) is 0.0571. The molecule has 0 aromatic heterocycles. The second-order valence-corrected chi connectivity index (χ2v) is 5.50. The Morgan fingerprint density at radius 3 is 2.24 bits per heavy atom. The molecule has 5 nitrogen and oxygen atoms in total. The lowest BCUT2D eigenvalue weighted by molar-refractivity contribution is -0.143. The normalized spacial score (nSPS) is 10.8.